The van der Waals surface area contributed by atoms with Gasteiger partial charge in [-0.05, 0) is 35.8 Å². The second-order valence-corrected chi connectivity index (χ2v) is 4.89. The fourth-order valence-corrected chi connectivity index (χ4v) is 2.19. The fraction of sp³-hybridized carbons (Fsp3) is 0.294. The minimum Gasteiger partial charge on any atom is -0.326 e. The van der Waals surface area contributed by atoms with Crippen LogP contribution < -0.4 is 5.73 Å². The molecule has 0 radical (unpaired) electrons. The topological polar surface area (TPSA) is 29.3 Å². The molecule has 19 heavy (non-hydrogen) atoms. The molecule has 0 aliphatic heterocycles. The van der Waals surface area contributed by atoms with Crippen LogP contribution in [0.5, 0.6) is 0 Å². The highest BCUT2D eigenvalue weighted by atomic mass is 15.1. The van der Waals surface area contributed by atoms with Crippen molar-refractivity contribution in [2.24, 2.45) is 5.73 Å². The molecule has 0 aliphatic rings. The van der Waals surface area contributed by atoms with E-state index in [9.17, 15) is 0 Å². The van der Waals surface area contributed by atoms with Crippen LogP contribution in [0, 0.1) is 0 Å². The van der Waals surface area contributed by atoms with Gasteiger partial charge in [-0.3, -0.25) is 0 Å². The summed E-state index contributed by atoms with van der Waals surface area (Å²) in [5, 5.41) is 0. The highest BCUT2D eigenvalue weighted by molar-refractivity contribution is 5.67. The van der Waals surface area contributed by atoms with E-state index in [-0.39, 0.29) is 0 Å². The van der Waals surface area contributed by atoms with Gasteiger partial charge in [0, 0.05) is 13.1 Å². The Morgan fingerprint density at radius 1 is 1.00 bits per heavy atom. The molecule has 0 saturated carbocycles. The third-order valence-electron chi connectivity index (χ3n) is 3.49. The molecular formula is C17H22N2. The summed E-state index contributed by atoms with van der Waals surface area (Å²) in [6, 6.07) is 17.1. The van der Waals surface area contributed by atoms with Gasteiger partial charge in [-0.15, -0.1) is 0 Å². The van der Waals surface area contributed by atoms with Crippen molar-refractivity contribution >= 4 is 0 Å². The average molecular weight is 254 g/mol. The normalized spacial score (nSPS) is 10.9. The third-order valence-corrected chi connectivity index (χ3v) is 3.49. The van der Waals surface area contributed by atoms with E-state index in [2.05, 4.69) is 61.3 Å². The molecular weight excluding hydrogens is 232 g/mol. The summed E-state index contributed by atoms with van der Waals surface area (Å²) in [6.07, 6.45) is 0. The molecule has 0 bridgehead atoms. The van der Waals surface area contributed by atoms with Crippen LogP contribution in [0.3, 0.4) is 0 Å². The first kappa shape index (κ1) is 13.8. The van der Waals surface area contributed by atoms with Crippen molar-refractivity contribution in [2.75, 3.05) is 13.6 Å². The summed E-state index contributed by atoms with van der Waals surface area (Å²) in [4.78, 5) is 2.29. The van der Waals surface area contributed by atoms with Crippen LogP contribution in [0.25, 0.3) is 11.1 Å². The van der Waals surface area contributed by atoms with E-state index < -0.39 is 0 Å². The third kappa shape index (κ3) is 3.43. The fourth-order valence-electron chi connectivity index (χ4n) is 2.19. The Morgan fingerprint density at radius 3 is 2.32 bits per heavy atom. The maximum Gasteiger partial charge on any atom is 0.0230 e. The molecule has 0 atom stereocenters. The predicted molar refractivity (Wildman–Crippen MR) is 81.8 cm³/mol. The number of benzene rings is 2. The van der Waals surface area contributed by atoms with Gasteiger partial charge in [0.2, 0.25) is 0 Å². The molecule has 0 spiro atoms. The molecule has 2 aromatic rings. The van der Waals surface area contributed by atoms with Gasteiger partial charge in [0.1, 0.15) is 0 Å². The average Bonchev–Trinajstić information content (AvgIpc) is 2.48. The molecule has 2 nitrogen and oxygen atoms in total. The lowest BCUT2D eigenvalue weighted by molar-refractivity contribution is 0.346. The molecule has 0 heterocycles. The minimum absolute atomic E-state index is 0.580. The molecule has 2 rings (SSSR count). The summed E-state index contributed by atoms with van der Waals surface area (Å²) in [7, 11) is 2.14. The van der Waals surface area contributed by atoms with E-state index in [0.29, 0.717) is 6.54 Å². The monoisotopic (exact) mass is 254 g/mol. The summed E-state index contributed by atoms with van der Waals surface area (Å²) >= 11 is 0. The molecule has 2 aromatic carbocycles. The first-order chi connectivity index (χ1) is 9.24. The summed E-state index contributed by atoms with van der Waals surface area (Å²) < 4.78 is 0. The Morgan fingerprint density at radius 2 is 1.68 bits per heavy atom. The number of nitrogens with zero attached hydrogens (tertiary/aromatic N) is 1. The lowest BCUT2D eigenvalue weighted by atomic mass is 9.99. The standard InChI is InChI=1S/C17H22N2/c1-3-19(2)13-14-8-10-15(11-9-14)17-7-5-4-6-16(17)12-18/h4-11H,3,12-13,18H2,1-2H3. The highest BCUT2D eigenvalue weighted by Gasteiger charge is 2.03. The lowest BCUT2D eigenvalue weighted by Gasteiger charge is -2.14. The Labute approximate surface area is 115 Å². The highest BCUT2D eigenvalue weighted by Crippen LogP contribution is 2.23. The Balaban J connectivity index is 2.22. The summed E-state index contributed by atoms with van der Waals surface area (Å²) in [6.45, 7) is 4.81. The molecule has 0 saturated heterocycles. The van der Waals surface area contributed by atoms with E-state index >= 15 is 0 Å². The first-order valence-electron chi connectivity index (χ1n) is 6.80. The van der Waals surface area contributed by atoms with E-state index in [1.54, 1.807) is 0 Å². The van der Waals surface area contributed by atoms with Crippen molar-refractivity contribution in [3.8, 4) is 11.1 Å². The van der Waals surface area contributed by atoms with Crippen LogP contribution in [0.4, 0.5) is 0 Å². The largest absolute Gasteiger partial charge is 0.326 e. The Kier molecular flexibility index (Phi) is 4.72. The van der Waals surface area contributed by atoms with Crippen LogP contribution >= 0.6 is 0 Å². The molecule has 0 fully saturated rings. The van der Waals surface area contributed by atoms with Crippen LogP contribution in [0.2, 0.25) is 0 Å². The van der Waals surface area contributed by atoms with Gasteiger partial charge < -0.3 is 10.6 Å². The maximum absolute atomic E-state index is 5.80. The number of nitrogens with two attached hydrogens (primary N) is 1. The molecule has 0 amide bonds. The molecule has 100 valence electrons. The van der Waals surface area contributed by atoms with Crippen LogP contribution in [-0.4, -0.2) is 18.5 Å². The van der Waals surface area contributed by atoms with Gasteiger partial charge in [0.15, 0.2) is 0 Å². The predicted octanol–water partition coefficient (Wildman–Crippen LogP) is 3.26. The number of rotatable bonds is 5. The molecule has 2 heteroatoms. The summed E-state index contributed by atoms with van der Waals surface area (Å²) in [5.41, 5.74) is 10.8. The minimum atomic E-state index is 0.580. The molecule has 0 unspecified atom stereocenters. The Hall–Kier alpha value is -1.64. The number of hydrogen-bond donors (Lipinski definition) is 1. The van der Waals surface area contributed by atoms with Crippen LogP contribution in [-0.2, 0) is 13.1 Å². The zero-order valence-electron chi connectivity index (χ0n) is 11.8. The molecule has 0 aliphatic carbocycles. The van der Waals surface area contributed by atoms with Gasteiger partial charge in [-0.1, -0.05) is 55.5 Å². The van der Waals surface area contributed by atoms with Gasteiger partial charge in [0.05, 0.1) is 0 Å². The zero-order chi connectivity index (χ0) is 13.7. The van der Waals surface area contributed by atoms with E-state index in [4.69, 9.17) is 5.73 Å². The van der Waals surface area contributed by atoms with Crippen molar-refractivity contribution in [3.05, 3.63) is 59.7 Å². The second kappa shape index (κ2) is 6.50. The van der Waals surface area contributed by atoms with E-state index in [0.717, 1.165) is 13.1 Å². The molecule has 0 aromatic heterocycles. The second-order valence-electron chi connectivity index (χ2n) is 4.89. The maximum atomic E-state index is 5.80. The quantitative estimate of drug-likeness (QED) is 0.887. The van der Waals surface area contributed by atoms with Crippen molar-refractivity contribution < 1.29 is 0 Å². The zero-order valence-corrected chi connectivity index (χ0v) is 11.8. The van der Waals surface area contributed by atoms with Crippen molar-refractivity contribution in [1.29, 1.82) is 0 Å². The first-order valence-corrected chi connectivity index (χ1v) is 6.80. The van der Waals surface area contributed by atoms with Crippen LogP contribution in [0.15, 0.2) is 48.5 Å². The lowest BCUT2D eigenvalue weighted by Crippen LogP contribution is -2.16. The van der Waals surface area contributed by atoms with Gasteiger partial charge >= 0.3 is 0 Å². The van der Waals surface area contributed by atoms with Gasteiger partial charge in [-0.25, -0.2) is 0 Å². The van der Waals surface area contributed by atoms with E-state index in [1.807, 2.05) is 6.07 Å². The Bertz CT molecular complexity index is 517. The van der Waals surface area contributed by atoms with Crippen molar-refractivity contribution in [2.45, 2.75) is 20.0 Å². The van der Waals surface area contributed by atoms with Crippen molar-refractivity contribution in [3.63, 3.8) is 0 Å². The van der Waals surface area contributed by atoms with E-state index in [1.165, 1.54) is 22.3 Å². The number of hydrogen-bond acceptors (Lipinski definition) is 2. The van der Waals surface area contributed by atoms with Crippen molar-refractivity contribution in [1.82, 2.24) is 4.90 Å². The van der Waals surface area contributed by atoms with Gasteiger partial charge in [0.25, 0.3) is 0 Å². The SMILES string of the molecule is CCN(C)Cc1ccc(-c2ccccc2CN)cc1. The smallest absolute Gasteiger partial charge is 0.0230 e. The molecule has 2 N–H and O–H groups in total. The van der Waals surface area contributed by atoms with Gasteiger partial charge in [-0.2, -0.15) is 0 Å². The summed E-state index contributed by atoms with van der Waals surface area (Å²) in [5.74, 6) is 0. The van der Waals surface area contributed by atoms with Crippen LogP contribution in [0.1, 0.15) is 18.1 Å².